The maximum Gasteiger partial charge on any atom is 0.0178 e. The standard InChI is InChI=1S/C17H33N/c1-9-10-13-18-15(3)14(2)17(7,8)12-11-16(4,5)6/h9,14,18H,1,3,10-13H2,2,4-8H3. The predicted molar refractivity (Wildman–Crippen MR) is 83.6 cm³/mol. The highest BCUT2D eigenvalue weighted by Gasteiger charge is 2.29. The molecule has 0 heterocycles. The number of rotatable bonds is 8. The van der Waals surface area contributed by atoms with Crippen LogP contribution in [0.1, 0.15) is 60.8 Å². The van der Waals surface area contributed by atoms with E-state index in [2.05, 4.69) is 60.0 Å². The van der Waals surface area contributed by atoms with Gasteiger partial charge in [0.1, 0.15) is 0 Å². The van der Waals surface area contributed by atoms with E-state index < -0.39 is 0 Å². The zero-order valence-corrected chi connectivity index (χ0v) is 13.4. The van der Waals surface area contributed by atoms with Gasteiger partial charge in [-0.25, -0.2) is 0 Å². The Morgan fingerprint density at radius 3 is 2.17 bits per heavy atom. The lowest BCUT2D eigenvalue weighted by Gasteiger charge is -2.36. The van der Waals surface area contributed by atoms with E-state index in [-0.39, 0.29) is 0 Å². The van der Waals surface area contributed by atoms with E-state index in [1.807, 2.05) is 6.08 Å². The maximum atomic E-state index is 4.19. The molecule has 0 rings (SSSR count). The monoisotopic (exact) mass is 251 g/mol. The molecule has 1 atom stereocenters. The molecule has 1 N–H and O–H groups in total. The van der Waals surface area contributed by atoms with E-state index >= 15 is 0 Å². The Labute approximate surface area is 115 Å². The smallest absolute Gasteiger partial charge is 0.0178 e. The molecule has 0 aliphatic rings. The average Bonchev–Trinajstić information content (AvgIpc) is 2.25. The van der Waals surface area contributed by atoms with Crippen LogP contribution in [0.4, 0.5) is 0 Å². The second kappa shape index (κ2) is 7.01. The summed E-state index contributed by atoms with van der Waals surface area (Å²) in [4.78, 5) is 0. The summed E-state index contributed by atoms with van der Waals surface area (Å²) < 4.78 is 0. The molecule has 0 aromatic heterocycles. The number of hydrogen-bond donors (Lipinski definition) is 1. The molecule has 0 spiro atoms. The van der Waals surface area contributed by atoms with Crippen molar-refractivity contribution in [3.05, 3.63) is 24.9 Å². The number of allylic oxidation sites excluding steroid dienone is 1. The Balaban J connectivity index is 4.31. The zero-order chi connectivity index (χ0) is 14.4. The molecular formula is C17H33N. The maximum absolute atomic E-state index is 4.19. The molecule has 1 unspecified atom stereocenters. The van der Waals surface area contributed by atoms with E-state index in [4.69, 9.17) is 0 Å². The number of hydrogen-bond acceptors (Lipinski definition) is 1. The fourth-order valence-electron chi connectivity index (χ4n) is 1.87. The van der Waals surface area contributed by atoms with Gasteiger partial charge in [-0.05, 0) is 30.1 Å². The van der Waals surface area contributed by atoms with Crippen LogP contribution in [0.5, 0.6) is 0 Å². The molecule has 0 bridgehead atoms. The van der Waals surface area contributed by atoms with Crippen molar-refractivity contribution >= 4 is 0 Å². The van der Waals surface area contributed by atoms with Gasteiger partial charge in [-0.3, -0.25) is 0 Å². The lowest BCUT2D eigenvalue weighted by atomic mass is 9.72. The van der Waals surface area contributed by atoms with Gasteiger partial charge in [-0.1, -0.05) is 54.2 Å². The van der Waals surface area contributed by atoms with Crippen molar-refractivity contribution in [2.45, 2.75) is 60.8 Å². The molecule has 0 aliphatic heterocycles. The van der Waals surface area contributed by atoms with Crippen LogP contribution in [0, 0.1) is 16.7 Å². The Morgan fingerprint density at radius 1 is 1.17 bits per heavy atom. The second-order valence-electron chi connectivity index (χ2n) is 7.30. The van der Waals surface area contributed by atoms with Crippen LogP contribution in [-0.4, -0.2) is 6.54 Å². The molecule has 0 aromatic carbocycles. The first kappa shape index (κ1) is 17.3. The zero-order valence-electron chi connectivity index (χ0n) is 13.4. The minimum Gasteiger partial charge on any atom is -0.388 e. The fraction of sp³-hybridized carbons (Fsp3) is 0.765. The molecule has 106 valence electrons. The first-order chi connectivity index (χ1) is 8.10. The molecule has 0 saturated heterocycles. The van der Waals surface area contributed by atoms with Gasteiger partial charge in [-0.15, -0.1) is 6.58 Å². The van der Waals surface area contributed by atoms with Crippen molar-refractivity contribution in [2.75, 3.05) is 6.54 Å². The van der Waals surface area contributed by atoms with Crippen molar-refractivity contribution in [3.63, 3.8) is 0 Å². The largest absolute Gasteiger partial charge is 0.388 e. The van der Waals surface area contributed by atoms with E-state index in [0.717, 1.165) is 18.7 Å². The molecule has 18 heavy (non-hydrogen) atoms. The van der Waals surface area contributed by atoms with Crippen molar-refractivity contribution in [1.82, 2.24) is 5.32 Å². The van der Waals surface area contributed by atoms with E-state index in [1.54, 1.807) is 0 Å². The van der Waals surface area contributed by atoms with Gasteiger partial charge in [0.15, 0.2) is 0 Å². The Kier molecular flexibility index (Phi) is 6.73. The van der Waals surface area contributed by atoms with Crippen molar-refractivity contribution in [3.8, 4) is 0 Å². The molecule has 0 amide bonds. The first-order valence-corrected chi connectivity index (χ1v) is 7.14. The van der Waals surface area contributed by atoms with E-state index in [0.29, 0.717) is 16.7 Å². The summed E-state index contributed by atoms with van der Waals surface area (Å²) in [6.45, 7) is 22.8. The molecule has 0 saturated carbocycles. The first-order valence-electron chi connectivity index (χ1n) is 7.14. The highest BCUT2D eigenvalue weighted by atomic mass is 14.9. The van der Waals surface area contributed by atoms with E-state index in [9.17, 15) is 0 Å². The van der Waals surface area contributed by atoms with Crippen LogP contribution in [-0.2, 0) is 0 Å². The van der Waals surface area contributed by atoms with E-state index in [1.165, 1.54) is 12.8 Å². The Morgan fingerprint density at radius 2 is 1.72 bits per heavy atom. The Bertz CT molecular complexity index is 268. The van der Waals surface area contributed by atoms with Gasteiger partial charge in [0.05, 0.1) is 0 Å². The summed E-state index contributed by atoms with van der Waals surface area (Å²) in [5.74, 6) is 0.490. The third-order valence-electron chi connectivity index (χ3n) is 3.91. The van der Waals surface area contributed by atoms with Gasteiger partial charge >= 0.3 is 0 Å². The summed E-state index contributed by atoms with van der Waals surface area (Å²) in [5, 5.41) is 3.42. The minimum absolute atomic E-state index is 0.297. The fourth-order valence-corrected chi connectivity index (χ4v) is 1.87. The van der Waals surface area contributed by atoms with Gasteiger partial charge in [0, 0.05) is 18.2 Å². The highest BCUT2D eigenvalue weighted by Crippen LogP contribution is 2.38. The summed E-state index contributed by atoms with van der Waals surface area (Å²) >= 11 is 0. The van der Waals surface area contributed by atoms with Crippen molar-refractivity contribution in [1.29, 1.82) is 0 Å². The molecule has 1 heteroatoms. The van der Waals surface area contributed by atoms with Gasteiger partial charge in [0.2, 0.25) is 0 Å². The average molecular weight is 251 g/mol. The number of nitrogens with one attached hydrogen (secondary N) is 1. The second-order valence-corrected chi connectivity index (χ2v) is 7.30. The molecule has 1 nitrogen and oxygen atoms in total. The topological polar surface area (TPSA) is 12.0 Å². The molecule has 0 radical (unpaired) electrons. The third-order valence-corrected chi connectivity index (χ3v) is 3.91. The third kappa shape index (κ3) is 6.88. The van der Waals surface area contributed by atoms with Crippen LogP contribution in [0.15, 0.2) is 24.9 Å². The normalized spacial score (nSPS) is 14.1. The lowest BCUT2D eigenvalue weighted by molar-refractivity contribution is 0.194. The lowest BCUT2D eigenvalue weighted by Crippen LogP contribution is -2.30. The van der Waals surface area contributed by atoms with Crippen LogP contribution >= 0.6 is 0 Å². The SMILES string of the molecule is C=CCCNC(=C)C(C)C(C)(C)CCC(C)(C)C. The molecule has 0 aliphatic carbocycles. The summed E-state index contributed by atoms with van der Waals surface area (Å²) in [6.07, 6.45) is 5.42. The van der Waals surface area contributed by atoms with Gasteiger partial charge in [-0.2, -0.15) is 0 Å². The molecule has 0 aromatic rings. The molecule has 0 fully saturated rings. The van der Waals surface area contributed by atoms with Crippen LogP contribution in [0.2, 0.25) is 0 Å². The molecular weight excluding hydrogens is 218 g/mol. The highest BCUT2D eigenvalue weighted by molar-refractivity contribution is 5.02. The van der Waals surface area contributed by atoms with Crippen LogP contribution < -0.4 is 5.32 Å². The van der Waals surface area contributed by atoms with Crippen LogP contribution in [0.25, 0.3) is 0 Å². The minimum atomic E-state index is 0.297. The predicted octanol–water partition coefficient (Wildman–Crippen LogP) is 5.15. The summed E-state index contributed by atoms with van der Waals surface area (Å²) in [6, 6.07) is 0. The van der Waals surface area contributed by atoms with Gasteiger partial charge in [0.25, 0.3) is 0 Å². The van der Waals surface area contributed by atoms with Crippen molar-refractivity contribution < 1.29 is 0 Å². The Hall–Kier alpha value is -0.720. The van der Waals surface area contributed by atoms with Crippen molar-refractivity contribution in [2.24, 2.45) is 16.7 Å². The van der Waals surface area contributed by atoms with Gasteiger partial charge < -0.3 is 5.32 Å². The summed E-state index contributed by atoms with van der Waals surface area (Å²) in [7, 11) is 0. The summed E-state index contributed by atoms with van der Waals surface area (Å²) in [5.41, 5.74) is 1.87. The van der Waals surface area contributed by atoms with Crippen LogP contribution in [0.3, 0.4) is 0 Å². The quantitative estimate of drug-likeness (QED) is 0.464.